The summed E-state index contributed by atoms with van der Waals surface area (Å²) in [6, 6.07) is 15.7. The average molecular weight is 446 g/mol. The fraction of sp³-hybridized carbons (Fsp3) is 0.655. The smallest absolute Gasteiger partial charge is 0.133 e. The Morgan fingerprint density at radius 3 is 1.52 bits per heavy atom. The maximum absolute atomic E-state index is 2.38. The van der Waals surface area contributed by atoms with Crippen LogP contribution in [0, 0.1) is 0 Å². The van der Waals surface area contributed by atoms with Crippen molar-refractivity contribution >= 4 is 16.5 Å². The lowest BCUT2D eigenvalue weighted by molar-refractivity contribution is -0.00000653. The van der Waals surface area contributed by atoms with Gasteiger partial charge in [-0.1, -0.05) is 115 Å². The highest BCUT2D eigenvalue weighted by molar-refractivity contribution is 5.85. The standard InChI is InChI=1S/C29H48N.ClH/c1-4-5-6-7-8-9-10-11-12-13-14-15-16-17-20-25-30(2,3)29-24-23-27-21-18-19-22-28(27)26-29;/h18-19,21-24,26H,4-17,20,25H2,1-3H3;1H/q+1;/p-1. The second-order valence-corrected chi connectivity index (χ2v) is 9.89. The molecule has 2 aromatic carbocycles. The quantitative estimate of drug-likeness (QED) is 0.198. The van der Waals surface area contributed by atoms with Crippen molar-refractivity contribution in [1.82, 2.24) is 4.48 Å². The summed E-state index contributed by atoms with van der Waals surface area (Å²) in [6.45, 7) is 3.53. The number of benzene rings is 2. The molecule has 2 heteroatoms. The molecule has 0 fully saturated rings. The van der Waals surface area contributed by atoms with Gasteiger partial charge in [0.05, 0.1) is 20.6 Å². The lowest BCUT2D eigenvalue weighted by Gasteiger charge is -2.29. The fourth-order valence-electron chi connectivity index (χ4n) is 4.56. The Hall–Kier alpha value is -1.05. The molecule has 0 aromatic heterocycles. The van der Waals surface area contributed by atoms with Crippen LogP contribution < -0.4 is 16.9 Å². The Balaban J connectivity index is 0.00000480. The van der Waals surface area contributed by atoms with Gasteiger partial charge in [0.15, 0.2) is 0 Å². The predicted octanol–water partition coefficient (Wildman–Crippen LogP) is 6.28. The fourth-order valence-corrected chi connectivity index (χ4v) is 4.56. The highest BCUT2D eigenvalue weighted by atomic mass is 35.5. The van der Waals surface area contributed by atoms with E-state index in [4.69, 9.17) is 0 Å². The van der Waals surface area contributed by atoms with Crippen LogP contribution in [0.3, 0.4) is 0 Å². The normalized spacial score (nSPS) is 11.6. The van der Waals surface area contributed by atoms with Crippen molar-refractivity contribution < 1.29 is 12.4 Å². The molecule has 0 bridgehead atoms. The molecule has 0 aliphatic heterocycles. The molecule has 1 nitrogen and oxygen atoms in total. The molecule has 0 atom stereocenters. The van der Waals surface area contributed by atoms with Gasteiger partial charge in [-0.2, -0.15) is 0 Å². The number of rotatable bonds is 17. The summed E-state index contributed by atoms with van der Waals surface area (Å²) < 4.78 is 0.989. The molecular weight excluding hydrogens is 398 g/mol. The molecule has 0 spiro atoms. The van der Waals surface area contributed by atoms with E-state index in [9.17, 15) is 0 Å². The zero-order chi connectivity index (χ0) is 21.5. The minimum absolute atomic E-state index is 0. The van der Waals surface area contributed by atoms with Gasteiger partial charge >= 0.3 is 0 Å². The van der Waals surface area contributed by atoms with Crippen LogP contribution in [0.2, 0.25) is 0 Å². The Bertz CT molecular complexity index is 694. The van der Waals surface area contributed by atoms with Crippen LogP contribution in [0.4, 0.5) is 5.69 Å². The average Bonchev–Trinajstić information content (AvgIpc) is 2.76. The minimum atomic E-state index is 0. The summed E-state index contributed by atoms with van der Waals surface area (Å²) in [4.78, 5) is 0. The van der Waals surface area contributed by atoms with Gasteiger partial charge in [0.25, 0.3) is 0 Å². The molecule has 0 saturated heterocycles. The first kappa shape index (κ1) is 28.0. The third-order valence-electron chi connectivity index (χ3n) is 6.75. The van der Waals surface area contributed by atoms with Gasteiger partial charge in [-0.25, -0.2) is 0 Å². The number of hydrogen-bond acceptors (Lipinski definition) is 0. The molecule has 2 aromatic rings. The van der Waals surface area contributed by atoms with E-state index in [1.807, 2.05) is 0 Å². The molecule has 0 unspecified atom stereocenters. The van der Waals surface area contributed by atoms with Crippen LogP contribution in [-0.2, 0) is 0 Å². The number of quaternary nitrogens is 1. The first-order valence-corrected chi connectivity index (χ1v) is 13.0. The highest BCUT2D eigenvalue weighted by Gasteiger charge is 2.18. The molecule has 0 amide bonds. The van der Waals surface area contributed by atoms with E-state index in [0.717, 1.165) is 4.48 Å². The van der Waals surface area contributed by atoms with Crippen LogP contribution >= 0.6 is 0 Å². The van der Waals surface area contributed by atoms with Crippen LogP contribution in [0.1, 0.15) is 103 Å². The molecule has 0 aliphatic carbocycles. The molecule has 176 valence electrons. The van der Waals surface area contributed by atoms with E-state index in [2.05, 4.69) is 63.5 Å². The maximum Gasteiger partial charge on any atom is 0.133 e. The first-order valence-electron chi connectivity index (χ1n) is 13.0. The Morgan fingerprint density at radius 1 is 0.548 bits per heavy atom. The molecule has 2 rings (SSSR count). The minimum Gasteiger partial charge on any atom is -1.00 e. The largest absolute Gasteiger partial charge is 1.00 e. The first-order chi connectivity index (χ1) is 14.6. The summed E-state index contributed by atoms with van der Waals surface area (Å²) >= 11 is 0. The molecule has 0 heterocycles. The number of nitrogens with zero attached hydrogens (tertiary/aromatic N) is 1. The Kier molecular flexibility index (Phi) is 15.0. The number of hydrogen-bond donors (Lipinski definition) is 0. The zero-order valence-corrected chi connectivity index (χ0v) is 21.4. The van der Waals surface area contributed by atoms with Gasteiger partial charge in [0.2, 0.25) is 0 Å². The van der Waals surface area contributed by atoms with E-state index in [-0.39, 0.29) is 12.4 Å². The van der Waals surface area contributed by atoms with Crippen LogP contribution in [0.15, 0.2) is 42.5 Å². The van der Waals surface area contributed by atoms with Gasteiger partial charge in [-0.3, -0.25) is 4.48 Å². The second-order valence-electron chi connectivity index (χ2n) is 9.89. The predicted molar refractivity (Wildman–Crippen MR) is 137 cm³/mol. The maximum atomic E-state index is 2.38. The summed E-state index contributed by atoms with van der Waals surface area (Å²) in [5.41, 5.74) is 1.43. The third-order valence-corrected chi connectivity index (χ3v) is 6.75. The van der Waals surface area contributed by atoms with Crippen molar-refractivity contribution in [2.75, 3.05) is 20.6 Å². The number of halogens is 1. The van der Waals surface area contributed by atoms with Gasteiger partial charge in [0.1, 0.15) is 5.69 Å². The molecule has 0 N–H and O–H groups in total. The highest BCUT2D eigenvalue weighted by Crippen LogP contribution is 2.25. The summed E-state index contributed by atoms with van der Waals surface area (Å²) in [7, 11) is 4.71. The monoisotopic (exact) mass is 445 g/mol. The van der Waals surface area contributed by atoms with Crippen molar-refractivity contribution in [3.05, 3.63) is 42.5 Å². The SMILES string of the molecule is CCCCCCCCCCCCCCCCC[N+](C)(C)c1ccc2ccccc2c1.[Cl-]. The van der Waals surface area contributed by atoms with Crippen LogP contribution in [0.5, 0.6) is 0 Å². The van der Waals surface area contributed by atoms with Crippen molar-refractivity contribution in [2.45, 2.75) is 103 Å². The summed E-state index contributed by atoms with van der Waals surface area (Å²) in [5, 5.41) is 2.70. The number of unbranched alkanes of at least 4 members (excludes halogenated alkanes) is 14. The summed E-state index contributed by atoms with van der Waals surface area (Å²) in [6.07, 6.45) is 21.5. The third kappa shape index (κ3) is 11.4. The molecule has 0 saturated carbocycles. The Labute approximate surface area is 199 Å². The van der Waals surface area contributed by atoms with Crippen molar-refractivity contribution in [3.8, 4) is 0 Å². The lowest BCUT2D eigenvalue weighted by atomic mass is 10.0. The van der Waals surface area contributed by atoms with Gasteiger partial charge in [-0.05, 0) is 35.7 Å². The summed E-state index contributed by atoms with van der Waals surface area (Å²) in [5.74, 6) is 0. The molecule has 0 aliphatic rings. The van der Waals surface area contributed by atoms with E-state index in [1.165, 1.54) is 119 Å². The zero-order valence-electron chi connectivity index (χ0n) is 20.7. The van der Waals surface area contributed by atoms with Crippen molar-refractivity contribution in [3.63, 3.8) is 0 Å². The molecule has 31 heavy (non-hydrogen) atoms. The lowest BCUT2D eigenvalue weighted by Crippen LogP contribution is -3.00. The van der Waals surface area contributed by atoms with Crippen molar-refractivity contribution in [2.24, 2.45) is 0 Å². The van der Waals surface area contributed by atoms with Gasteiger partial charge < -0.3 is 12.4 Å². The van der Waals surface area contributed by atoms with E-state index < -0.39 is 0 Å². The van der Waals surface area contributed by atoms with Crippen LogP contribution in [0.25, 0.3) is 10.8 Å². The van der Waals surface area contributed by atoms with E-state index >= 15 is 0 Å². The van der Waals surface area contributed by atoms with Gasteiger partial charge in [0, 0.05) is 6.07 Å². The van der Waals surface area contributed by atoms with Gasteiger partial charge in [-0.15, -0.1) is 0 Å². The second kappa shape index (κ2) is 16.6. The number of fused-ring (bicyclic) bond motifs is 1. The topological polar surface area (TPSA) is 0 Å². The Morgan fingerprint density at radius 2 is 1.00 bits per heavy atom. The van der Waals surface area contributed by atoms with Crippen molar-refractivity contribution in [1.29, 1.82) is 0 Å². The van der Waals surface area contributed by atoms with Crippen LogP contribution in [-0.4, -0.2) is 20.6 Å². The van der Waals surface area contributed by atoms with E-state index in [0.29, 0.717) is 0 Å². The molecular formula is C29H48ClN. The van der Waals surface area contributed by atoms with E-state index in [1.54, 1.807) is 0 Å². The molecule has 0 radical (unpaired) electrons.